The number of unbranched alkanes of at least 4 members (excludes halogenated alkanes) is 4. The Hall–Kier alpha value is -1.35. The average molecular weight is 278 g/mol. The molecule has 3 heteroatoms. The molecule has 1 rings (SSSR count). The maximum atomic E-state index is 9.90. The summed E-state index contributed by atoms with van der Waals surface area (Å²) in [6.07, 6.45) is 7.93. The number of hydrogen-bond donors (Lipinski definition) is 0. The van der Waals surface area contributed by atoms with E-state index in [1.165, 1.54) is 31.2 Å². The van der Waals surface area contributed by atoms with Gasteiger partial charge in [-0.25, -0.2) is 0 Å². The van der Waals surface area contributed by atoms with E-state index in [0.29, 0.717) is 13.1 Å². The minimum atomic E-state index is 0.496. The van der Waals surface area contributed by atoms with Crippen molar-refractivity contribution in [3.63, 3.8) is 0 Å². The Labute approximate surface area is 122 Å². The predicted octanol–water partition coefficient (Wildman–Crippen LogP) is 3.76. The van der Waals surface area contributed by atoms with Gasteiger partial charge in [0.25, 0.3) is 6.47 Å². The SMILES string of the molecule is O=COCCCCOCCCCCCc1ccccc1. The van der Waals surface area contributed by atoms with E-state index in [1.54, 1.807) is 0 Å². The number of ether oxygens (including phenoxy) is 2. The van der Waals surface area contributed by atoms with Crippen LogP contribution < -0.4 is 0 Å². The van der Waals surface area contributed by atoms with E-state index in [9.17, 15) is 4.79 Å². The number of hydrogen-bond acceptors (Lipinski definition) is 3. The molecular formula is C17H26O3. The zero-order valence-corrected chi connectivity index (χ0v) is 12.3. The maximum Gasteiger partial charge on any atom is 0.293 e. The van der Waals surface area contributed by atoms with Crippen molar-refractivity contribution in [3.05, 3.63) is 35.9 Å². The van der Waals surface area contributed by atoms with Gasteiger partial charge in [0.1, 0.15) is 0 Å². The maximum absolute atomic E-state index is 9.90. The summed E-state index contributed by atoms with van der Waals surface area (Å²) in [5, 5.41) is 0. The van der Waals surface area contributed by atoms with E-state index in [0.717, 1.165) is 32.5 Å². The van der Waals surface area contributed by atoms with Crippen molar-refractivity contribution in [1.29, 1.82) is 0 Å². The third-order valence-corrected chi connectivity index (χ3v) is 3.22. The summed E-state index contributed by atoms with van der Waals surface area (Å²) in [6.45, 7) is 2.62. The van der Waals surface area contributed by atoms with Crippen LogP contribution in [0.5, 0.6) is 0 Å². The Morgan fingerprint density at radius 2 is 1.45 bits per heavy atom. The summed E-state index contributed by atoms with van der Waals surface area (Å²) in [7, 11) is 0. The highest BCUT2D eigenvalue weighted by Gasteiger charge is 1.94. The van der Waals surface area contributed by atoms with Crippen molar-refractivity contribution in [2.75, 3.05) is 19.8 Å². The van der Waals surface area contributed by atoms with Gasteiger partial charge in [0.2, 0.25) is 0 Å². The molecule has 1 aromatic rings. The Balaban J connectivity index is 1.78. The van der Waals surface area contributed by atoms with Crippen LogP contribution in [-0.2, 0) is 20.7 Å². The summed E-state index contributed by atoms with van der Waals surface area (Å²) in [6, 6.07) is 10.6. The van der Waals surface area contributed by atoms with Gasteiger partial charge < -0.3 is 9.47 Å². The second-order valence-corrected chi connectivity index (χ2v) is 4.94. The first-order valence-corrected chi connectivity index (χ1v) is 7.60. The lowest BCUT2D eigenvalue weighted by molar-refractivity contribution is -0.128. The minimum absolute atomic E-state index is 0.496. The van der Waals surface area contributed by atoms with Gasteiger partial charge in [-0.2, -0.15) is 0 Å². The Morgan fingerprint density at radius 1 is 0.800 bits per heavy atom. The van der Waals surface area contributed by atoms with Crippen molar-refractivity contribution in [3.8, 4) is 0 Å². The largest absolute Gasteiger partial charge is 0.468 e. The van der Waals surface area contributed by atoms with Gasteiger partial charge >= 0.3 is 0 Å². The molecule has 0 amide bonds. The number of rotatable bonds is 13. The van der Waals surface area contributed by atoms with Crippen LogP contribution in [0.25, 0.3) is 0 Å². The molecule has 0 fully saturated rings. The summed E-state index contributed by atoms with van der Waals surface area (Å²) >= 11 is 0. The van der Waals surface area contributed by atoms with Crippen LogP contribution in [-0.4, -0.2) is 26.3 Å². The number of carbonyl (C=O) groups is 1. The monoisotopic (exact) mass is 278 g/mol. The molecule has 0 saturated heterocycles. The molecule has 20 heavy (non-hydrogen) atoms. The highest BCUT2D eigenvalue weighted by molar-refractivity contribution is 5.36. The van der Waals surface area contributed by atoms with Crippen LogP contribution in [0.2, 0.25) is 0 Å². The van der Waals surface area contributed by atoms with E-state index in [2.05, 4.69) is 35.1 Å². The molecule has 0 aliphatic heterocycles. The molecule has 0 radical (unpaired) electrons. The second kappa shape index (κ2) is 12.7. The fourth-order valence-electron chi connectivity index (χ4n) is 2.07. The lowest BCUT2D eigenvalue weighted by Gasteiger charge is -2.04. The van der Waals surface area contributed by atoms with Crippen molar-refractivity contribution in [2.45, 2.75) is 44.9 Å². The first kappa shape index (κ1) is 16.7. The highest BCUT2D eigenvalue weighted by atomic mass is 16.5. The molecule has 0 unspecified atom stereocenters. The van der Waals surface area contributed by atoms with Gasteiger partial charge in [-0.3, -0.25) is 4.79 Å². The summed E-state index contributed by atoms with van der Waals surface area (Å²) in [5.74, 6) is 0. The number of benzene rings is 1. The van der Waals surface area contributed by atoms with Gasteiger partial charge in [-0.15, -0.1) is 0 Å². The van der Waals surface area contributed by atoms with Crippen LogP contribution in [0.15, 0.2) is 30.3 Å². The molecule has 0 atom stereocenters. The van der Waals surface area contributed by atoms with E-state index in [4.69, 9.17) is 4.74 Å². The average Bonchev–Trinajstić information content (AvgIpc) is 2.49. The van der Waals surface area contributed by atoms with E-state index >= 15 is 0 Å². The van der Waals surface area contributed by atoms with Crippen LogP contribution in [0.4, 0.5) is 0 Å². The van der Waals surface area contributed by atoms with Crippen LogP contribution in [0.3, 0.4) is 0 Å². The lowest BCUT2D eigenvalue weighted by atomic mass is 10.1. The normalized spacial score (nSPS) is 10.4. The van der Waals surface area contributed by atoms with Crippen molar-refractivity contribution >= 4 is 6.47 Å². The highest BCUT2D eigenvalue weighted by Crippen LogP contribution is 2.07. The fraction of sp³-hybridized carbons (Fsp3) is 0.588. The minimum Gasteiger partial charge on any atom is -0.468 e. The molecule has 0 aromatic heterocycles. The molecule has 0 bridgehead atoms. The topological polar surface area (TPSA) is 35.5 Å². The molecule has 0 N–H and O–H groups in total. The van der Waals surface area contributed by atoms with Gasteiger partial charge in [0, 0.05) is 13.2 Å². The molecule has 112 valence electrons. The third kappa shape index (κ3) is 9.56. The van der Waals surface area contributed by atoms with Crippen molar-refractivity contribution in [2.24, 2.45) is 0 Å². The Morgan fingerprint density at radius 3 is 2.20 bits per heavy atom. The van der Waals surface area contributed by atoms with Gasteiger partial charge in [-0.1, -0.05) is 43.2 Å². The summed E-state index contributed by atoms with van der Waals surface area (Å²) in [4.78, 5) is 9.90. The molecule has 1 aromatic carbocycles. The number of carbonyl (C=O) groups excluding carboxylic acids is 1. The van der Waals surface area contributed by atoms with Crippen LogP contribution in [0.1, 0.15) is 44.1 Å². The quantitative estimate of drug-likeness (QED) is 0.407. The molecule has 0 heterocycles. The van der Waals surface area contributed by atoms with Gasteiger partial charge in [-0.05, 0) is 37.7 Å². The lowest BCUT2D eigenvalue weighted by Crippen LogP contribution is -1.99. The number of aryl methyl sites for hydroxylation is 1. The van der Waals surface area contributed by atoms with Gasteiger partial charge in [0.15, 0.2) is 0 Å². The Bertz CT molecular complexity index is 324. The second-order valence-electron chi connectivity index (χ2n) is 4.94. The molecule has 0 spiro atoms. The van der Waals surface area contributed by atoms with Crippen LogP contribution >= 0.6 is 0 Å². The van der Waals surface area contributed by atoms with E-state index in [-0.39, 0.29) is 0 Å². The van der Waals surface area contributed by atoms with Crippen LogP contribution in [0, 0.1) is 0 Å². The van der Waals surface area contributed by atoms with Crippen molar-refractivity contribution in [1.82, 2.24) is 0 Å². The predicted molar refractivity (Wildman–Crippen MR) is 80.7 cm³/mol. The summed E-state index contributed by atoms with van der Waals surface area (Å²) < 4.78 is 10.1. The fourth-order valence-corrected chi connectivity index (χ4v) is 2.07. The zero-order valence-electron chi connectivity index (χ0n) is 12.3. The molecular weight excluding hydrogens is 252 g/mol. The zero-order chi connectivity index (χ0) is 14.3. The van der Waals surface area contributed by atoms with E-state index in [1.807, 2.05) is 0 Å². The van der Waals surface area contributed by atoms with Crippen molar-refractivity contribution < 1.29 is 14.3 Å². The van der Waals surface area contributed by atoms with Gasteiger partial charge in [0.05, 0.1) is 6.61 Å². The smallest absolute Gasteiger partial charge is 0.293 e. The molecule has 0 aliphatic rings. The first-order valence-electron chi connectivity index (χ1n) is 7.60. The summed E-state index contributed by atoms with van der Waals surface area (Å²) in [5.41, 5.74) is 1.43. The standard InChI is InChI=1S/C17H26O3/c18-16-20-15-9-8-14-19-13-7-2-1-4-10-17-11-5-3-6-12-17/h3,5-6,11-12,16H,1-2,4,7-10,13-15H2. The first-order chi connectivity index (χ1) is 9.93. The third-order valence-electron chi connectivity index (χ3n) is 3.22. The molecule has 0 saturated carbocycles. The Kier molecular flexibility index (Phi) is 10.6. The molecule has 0 aliphatic carbocycles. The molecule has 3 nitrogen and oxygen atoms in total. The van der Waals surface area contributed by atoms with E-state index < -0.39 is 0 Å².